The summed E-state index contributed by atoms with van der Waals surface area (Å²) in [6, 6.07) is 14.2. The van der Waals surface area contributed by atoms with Gasteiger partial charge in [0.1, 0.15) is 5.75 Å². The average Bonchev–Trinajstić information content (AvgIpc) is 2.42. The zero-order valence-electron chi connectivity index (χ0n) is 11.2. The summed E-state index contributed by atoms with van der Waals surface area (Å²) in [6.45, 7) is 2.11. The molecule has 1 unspecified atom stereocenters. The number of hydrogen-bond acceptors (Lipinski definition) is 2. The summed E-state index contributed by atoms with van der Waals surface area (Å²) in [4.78, 5) is 0. The Hall–Kier alpha value is -1.32. The summed E-state index contributed by atoms with van der Waals surface area (Å²) in [6.07, 6.45) is 0.818. The Morgan fingerprint density at radius 2 is 1.95 bits per heavy atom. The largest absolute Gasteiger partial charge is 0.497 e. The van der Waals surface area contributed by atoms with Gasteiger partial charge in [-0.2, -0.15) is 0 Å². The summed E-state index contributed by atoms with van der Waals surface area (Å²) in [5, 5.41) is 0. The van der Waals surface area contributed by atoms with E-state index in [1.807, 2.05) is 24.3 Å². The van der Waals surface area contributed by atoms with Crippen molar-refractivity contribution in [2.45, 2.75) is 19.4 Å². The second-order valence-corrected chi connectivity index (χ2v) is 5.48. The Labute approximate surface area is 122 Å². The lowest BCUT2D eigenvalue weighted by Crippen LogP contribution is -2.14. The normalized spacial score (nSPS) is 12.2. The number of aryl methyl sites for hydroxylation is 1. The van der Waals surface area contributed by atoms with Gasteiger partial charge in [-0.25, -0.2) is 0 Å². The van der Waals surface area contributed by atoms with Crippen molar-refractivity contribution in [3.05, 3.63) is 63.6 Å². The van der Waals surface area contributed by atoms with Crippen LogP contribution in [0.1, 0.15) is 22.7 Å². The zero-order chi connectivity index (χ0) is 13.8. The van der Waals surface area contributed by atoms with Crippen LogP contribution in [0, 0.1) is 6.92 Å². The molecule has 2 aromatic rings. The fourth-order valence-electron chi connectivity index (χ4n) is 2.12. The van der Waals surface area contributed by atoms with E-state index in [4.69, 9.17) is 10.5 Å². The second kappa shape index (κ2) is 6.22. The molecule has 0 aromatic heterocycles. The monoisotopic (exact) mass is 319 g/mol. The highest BCUT2D eigenvalue weighted by Gasteiger charge is 2.12. The average molecular weight is 320 g/mol. The van der Waals surface area contributed by atoms with Crippen LogP contribution < -0.4 is 10.5 Å². The van der Waals surface area contributed by atoms with Gasteiger partial charge in [0.2, 0.25) is 0 Å². The molecule has 3 heteroatoms. The fourth-order valence-corrected chi connectivity index (χ4v) is 2.66. The molecule has 0 saturated heterocycles. The van der Waals surface area contributed by atoms with E-state index in [9.17, 15) is 0 Å². The smallest absolute Gasteiger partial charge is 0.119 e. The molecule has 0 heterocycles. The summed E-state index contributed by atoms with van der Waals surface area (Å²) >= 11 is 3.56. The van der Waals surface area contributed by atoms with E-state index in [-0.39, 0.29) is 6.04 Å². The molecule has 0 radical (unpaired) electrons. The fraction of sp³-hybridized carbons (Fsp3) is 0.250. The third kappa shape index (κ3) is 3.37. The number of benzene rings is 2. The number of rotatable bonds is 4. The van der Waals surface area contributed by atoms with Gasteiger partial charge in [0.25, 0.3) is 0 Å². The van der Waals surface area contributed by atoms with Crippen molar-refractivity contribution in [1.82, 2.24) is 0 Å². The highest BCUT2D eigenvalue weighted by atomic mass is 79.9. The van der Waals surface area contributed by atoms with Gasteiger partial charge in [-0.05, 0) is 48.2 Å². The molecule has 0 spiro atoms. The quantitative estimate of drug-likeness (QED) is 0.924. The first-order chi connectivity index (χ1) is 9.11. The van der Waals surface area contributed by atoms with Gasteiger partial charge < -0.3 is 10.5 Å². The maximum absolute atomic E-state index is 6.33. The van der Waals surface area contributed by atoms with Gasteiger partial charge in [-0.3, -0.25) is 0 Å². The Bertz CT molecular complexity index is 568. The van der Waals surface area contributed by atoms with E-state index in [1.165, 1.54) is 11.1 Å². The van der Waals surface area contributed by atoms with Crippen LogP contribution in [0.25, 0.3) is 0 Å². The van der Waals surface area contributed by atoms with Crippen molar-refractivity contribution in [3.63, 3.8) is 0 Å². The van der Waals surface area contributed by atoms with Crippen molar-refractivity contribution in [3.8, 4) is 5.75 Å². The first-order valence-electron chi connectivity index (χ1n) is 6.25. The van der Waals surface area contributed by atoms with Crippen molar-refractivity contribution < 1.29 is 4.74 Å². The van der Waals surface area contributed by atoms with Crippen LogP contribution in [0.3, 0.4) is 0 Å². The Kier molecular flexibility index (Phi) is 4.61. The van der Waals surface area contributed by atoms with Crippen LogP contribution in [-0.4, -0.2) is 7.11 Å². The standard InChI is InChI=1S/C16H18BrNO/c1-11-5-3-4-6-12(11)9-16(18)14-10-13(19-2)7-8-15(14)17/h3-8,10,16H,9,18H2,1-2H3. The number of hydrogen-bond donors (Lipinski definition) is 1. The van der Waals surface area contributed by atoms with Crippen molar-refractivity contribution in [1.29, 1.82) is 0 Å². The van der Waals surface area contributed by atoms with E-state index in [0.717, 1.165) is 22.2 Å². The first-order valence-corrected chi connectivity index (χ1v) is 7.04. The van der Waals surface area contributed by atoms with E-state index in [2.05, 4.69) is 41.1 Å². The molecular weight excluding hydrogens is 302 g/mol. The van der Waals surface area contributed by atoms with E-state index >= 15 is 0 Å². The van der Waals surface area contributed by atoms with Crippen LogP contribution in [0.15, 0.2) is 46.9 Å². The van der Waals surface area contributed by atoms with Gasteiger partial charge in [-0.1, -0.05) is 40.2 Å². The molecular formula is C16H18BrNO. The summed E-state index contributed by atoms with van der Waals surface area (Å²) in [7, 11) is 1.67. The van der Waals surface area contributed by atoms with Crippen LogP contribution in [-0.2, 0) is 6.42 Å². The highest BCUT2D eigenvalue weighted by Crippen LogP contribution is 2.29. The molecule has 0 aliphatic rings. The van der Waals surface area contributed by atoms with Crippen LogP contribution in [0.5, 0.6) is 5.75 Å². The number of ether oxygens (including phenoxy) is 1. The van der Waals surface area contributed by atoms with Gasteiger partial charge in [0.15, 0.2) is 0 Å². The summed E-state index contributed by atoms with van der Waals surface area (Å²) in [5.41, 5.74) is 9.96. The van der Waals surface area contributed by atoms with E-state index in [1.54, 1.807) is 7.11 Å². The van der Waals surface area contributed by atoms with Crippen molar-refractivity contribution in [2.24, 2.45) is 5.73 Å². The Morgan fingerprint density at radius 3 is 2.63 bits per heavy atom. The van der Waals surface area contributed by atoms with Gasteiger partial charge in [0, 0.05) is 10.5 Å². The minimum atomic E-state index is -0.0504. The van der Waals surface area contributed by atoms with Crippen molar-refractivity contribution >= 4 is 15.9 Å². The van der Waals surface area contributed by atoms with E-state index < -0.39 is 0 Å². The van der Waals surface area contributed by atoms with Crippen LogP contribution >= 0.6 is 15.9 Å². The van der Waals surface area contributed by atoms with Gasteiger partial charge in [-0.15, -0.1) is 0 Å². The molecule has 100 valence electrons. The lowest BCUT2D eigenvalue weighted by molar-refractivity contribution is 0.413. The minimum absolute atomic E-state index is 0.0504. The zero-order valence-corrected chi connectivity index (χ0v) is 12.8. The SMILES string of the molecule is COc1ccc(Br)c(C(N)Cc2ccccc2C)c1. The maximum Gasteiger partial charge on any atom is 0.119 e. The van der Waals surface area contributed by atoms with Gasteiger partial charge >= 0.3 is 0 Å². The molecule has 19 heavy (non-hydrogen) atoms. The molecule has 0 aliphatic carbocycles. The molecule has 0 fully saturated rings. The number of halogens is 1. The number of nitrogens with two attached hydrogens (primary N) is 1. The molecule has 2 aromatic carbocycles. The Morgan fingerprint density at radius 1 is 1.21 bits per heavy atom. The molecule has 1 atom stereocenters. The molecule has 0 saturated carbocycles. The van der Waals surface area contributed by atoms with Gasteiger partial charge in [0.05, 0.1) is 7.11 Å². The number of methoxy groups -OCH3 is 1. The summed E-state index contributed by atoms with van der Waals surface area (Å²) < 4.78 is 6.28. The van der Waals surface area contributed by atoms with E-state index in [0.29, 0.717) is 0 Å². The second-order valence-electron chi connectivity index (χ2n) is 4.62. The molecule has 0 amide bonds. The third-order valence-electron chi connectivity index (χ3n) is 3.30. The molecule has 2 nitrogen and oxygen atoms in total. The molecule has 0 bridgehead atoms. The Balaban J connectivity index is 2.25. The lowest BCUT2D eigenvalue weighted by atomic mass is 9.97. The molecule has 0 aliphatic heterocycles. The summed E-state index contributed by atoms with van der Waals surface area (Å²) in [5.74, 6) is 0.832. The molecule has 2 N–H and O–H groups in total. The highest BCUT2D eigenvalue weighted by molar-refractivity contribution is 9.10. The van der Waals surface area contributed by atoms with Crippen LogP contribution in [0.4, 0.5) is 0 Å². The third-order valence-corrected chi connectivity index (χ3v) is 4.03. The minimum Gasteiger partial charge on any atom is -0.497 e. The lowest BCUT2D eigenvalue weighted by Gasteiger charge is -2.16. The molecule has 2 rings (SSSR count). The van der Waals surface area contributed by atoms with Crippen LogP contribution in [0.2, 0.25) is 0 Å². The first kappa shape index (κ1) is 14.1. The predicted octanol–water partition coefficient (Wildman–Crippen LogP) is 4.01. The predicted molar refractivity (Wildman–Crippen MR) is 82.5 cm³/mol. The van der Waals surface area contributed by atoms with Crippen molar-refractivity contribution in [2.75, 3.05) is 7.11 Å². The topological polar surface area (TPSA) is 35.2 Å². The maximum atomic E-state index is 6.33.